The van der Waals surface area contributed by atoms with Crippen LogP contribution in [-0.4, -0.2) is 77.4 Å². The number of hydrogen-bond acceptors (Lipinski definition) is 8. The van der Waals surface area contributed by atoms with Crippen molar-refractivity contribution in [3.05, 3.63) is 11.6 Å². The van der Waals surface area contributed by atoms with Gasteiger partial charge in [-0.1, -0.05) is 13.8 Å². The first-order chi connectivity index (χ1) is 18.0. The molecular weight excluding hydrogens is 488 g/mol. The zero-order chi connectivity index (χ0) is 27.0. The number of esters is 1. The van der Waals surface area contributed by atoms with Gasteiger partial charge in [-0.05, 0) is 99.9 Å². The van der Waals surface area contributed by atoms with Crippen LogP contribution in [0.25, 0.3) is 0 Å². The van der Waals surface area contributed by atoms with Crippen LogP contribution < -0.4 is 0 Å². The summed E-state index contributed by atoms with van der Waals surface area (Å²) in [5.41, 5.74) is -0.115. The molecule has 0 aromatic rings. The van der Waals surface area contributed by atoms with E-state index in [0.717, 1.165) is 63.4 Å². The maximum Gasteiger partial charge on any atom is 0.334 e. The van der Waals surface area contributed by atoms with Gasteiger partial charge in [-0.25, -0.2) is 4.79 Å². The van der Waals surface area contributed by atoms with Gasteiger partial charge in [-0.2, -0.15) is 0 Å². The second kappa shape index (κ2) is 9.52. The van der Waals surface area contributed by atoms with E-state index in [9.17, 15) is 20.1 Å². The van der Waals surface area contributed by atoms with Crippen LogP contribution in [0.5, 0.6) is 0 Å². The second-order valence-corrected chi connectivity index (χ2v) is 13.6. The zero-order valence-electron chi connectivity index (χ0n) is 23.3. The number of cyclic esters (lactones) is 1. The Balaban J connectivity index is 1.16. The van der Waals surface area contributed by atoms with Crippen LogP contribution in [0.1, 0.15) is 78.6 Å². The Morgan fingerprint density at radius 3 is 2.50 bits per heavy atom. The number of aliphatic hydroxyl groups excluding tert-OH is 2. The van der Waals surface area contributed by atoms with Crippen LogP contribution in [0.2, 0.25) is 0 Å². The molecule has 2 heterocycles. The Morgan fingerprint density at radius 1 is 1.00 bits per heavy atom. The summed E-state index contributed by atoms with van der Waals surface area (Å²) in [4.78, 5) is 12.4. The highest BCUT2D eigenvalue weighted by Crippen LogP contribution is 2.70. The minimum atomic E-state index is -1.04. The highest BCUT2D eigenvalue weighted by Gasteiger charge is 2.68. The molecule has 4 aliphatic carbocycles. The first-order valence-corrected chi connectivity index (χ1v) is 14.8. The van der Waals surface area contributed by atoms with Crippen LogP contribution in [0.3, 0.4) is 0 Å². The molecule has 5 fully saturated rings. The van der Waals surface area contributed by atoms with Crippen LogP contribution in [0.15, 0.2) is 11.6 Å². The van der Waals surface area contributed by atoms with Gasteiger partial charge < -0.3 is 34.3 Å². The maximum atomic E-state index is 12.4. The molecule has 0 bridgehead atoms. The van der Waals surface area contributed by atoms with E-state index in [0.29, 0.717) is 18.4 Å². The van der Waals surface area contributed by atoms with Gasteiger partial charge in [0, 0.05) is 18.1 Å². The lowest BCUT2D eigenvalue weighted by atomic mass is 9.43. The molecule has 0 spiro atoms. The lowest BCUT2D eigenvalue weighted by Crippen LogP contribution is -2.62. The van der Waals surface area contributed by atoms with Gasteiger partial charge in [0.1, 0.15) is 24.9 Å². The number of rotatable bonds is 4. The third kappa shape index (κ3) is 3.81. The lowest BCUT2D eigenvalue weighted by Gasteiger charge is -2.63. The van der Waals surface area contributed by atoms with Gasteiger partial charge in [-0.15, -0.1) is 0 Å². The van der Waals surface area contributed by atoms with E-state index in [4.69, 9.17) is 18.9 Å². The van der Waals surface area contributed by atoms with E-state index in [1.165, 1.54) is 7.11 Å². The Kier molecular flexibility index (Phi) is 6.80. The molecular formula is C30H46O8. The Bertz CT molecular complexity index is 968. The Morgan fingerprint density at radius 2 is 1.79 bits per heavy atom. The van der Waals surface area contributed by atoms with Gasteiger partial charge in [0.2, 0.25) is 0 Å². The first-order valence-electron chi connectivity index (χ1n) is 14.8. The summed E-state index contributed by atoms with van der Waals surface area (Å²) in [5.74, 6) is 1.08. The van der Waals surface area contributed by atoms with Crippen molar-refractivity contribution in [2.45, 2.75) is 121 Å². The van der Waals surface area contributed by atoms with Crippen molar-refractivity contribution in [3.63, 3.8) is 0 Å². The average molecular weight is 535 g/mol. The molecule has 0 aromatic heterocycles. The molecule has 8 nitrogen and oxygen atoms in total. The number of aliphatic hydroxyl groups is 3. The van der Waals surface area contributed by atoms with Crippen molar-refractivity contribution in [2.75, 3.05) is 13.7 Å². The summed E-state index contributed by atoms with van der Waals surface area (Å²) >= 11 is 0. The first kappa shape index (κ1) is 27.2. The molecule has 0 unspecified atom stereocenters. The predicted molar refractivity (Wildman–Crippen MR) is 138 cm³/mol. The minimum absolute atomic E-state index is 0.0163. The third-order valence-electron chi connectivity index (χ3n) is 12.3. The van der Waals surface area contributed by atoms with Gasteiger partial charge in [0.05, 0.1) is 17.8 Å². The van der Waals surface area contributed by atoms with E-state index >= 15 is 0 Å². The van der Waals surface area contributed by atoms with Crippen LogP contribution in [0.4, 0.5) is 0 Å². The van der Waals surface area contributed by atoms with E-state index in [-0.39, 0.29) is 34.7 Å². The predicted octanol–water partition coefficient (Wildman–Crippen LogP) is 3.11. The molecule has 8 heteroatoms. The van der Waals surface area contributed by atoms with E-state index in [1.54, 1.807) is 6.92 Å². The largest absolute Gasteiger partial charge is 0.458 e. The number of hydrogen-bond donors (Lipinski definition) is 3. The molecule has 4 saturated carbocycles. The second-order valence-electron chi connectivity index (χ2n) is 13.6. The Labute approximate surface area is 226 Å². The fraction of sp³-hybridized carbons (Fsp3) is 0.900. The Hall–Kier alpha value is -1.03. The topological polar surface area (TPSA) is 115 Å². The number of methoxy groups -OCH3 is 1. The van der Waals surface area contributed by atoms with E-state index in [1.807, 2.05) is 6.08 Å². The summed E-state index contributed by atoms with van der Waals surface area (Å²) in [7, 11) is 1.49. The molecule has 214 valence electrons. The molecule has 6 aliphatic rings. The molecule has 3 N–H and O–H groups in total. The zero-order valence-corrected chi connectivity index (χ0v) is 23.3. The van der Waals surface area contributed by atoms with E-state index < -0.39 is 36.3 Å². The number of carbonyl (C=O) groups excluding carboxylic acids is 1. The van der Waals surface area contributed by atoms with Crippen molar-refractivity contribution < 1.29 is 39.1 Å². The average Bonchev–Trinajstić information content (AvgIpc) is 3.42. The summed E-state index contributed by atoms with van der Waals surface area (Å²) < 4.78 is 22.8. The van der Waals surface area contributed by atoms with Gasteiger partial charge in [0.15, 0.2) is 6.29 Å². The van der Waals surface area contributed by atoms with E-state index in [2.05, 4.69) is 13.8 Å². The standard InChI is InChI=1S/C30H46O8/c1-16-23(31)25(35-4)24(32)27(37-16)38-18-7-11-28(2)17(15-18)5-6-22-21(28)8-12-29(3)20(9-13-30(22,29)34)19-10-14-36-26(19)33/h10,16-18,20-25,27,31-32,34H,5-9,11-15H2,1-4H3/t16-,17-,18-,20-,21-,22+,23-,24-,25+,27-,28-,29+,30-/m0/s1. The highest BCUT2D eigenvalue weighted by molar-refractivity contribution is 5.91. The summed E-state index contributed by atoms with van der Waals surface area (Å²) in [6.07, 6.45) is 6.46. The normalized spacial score (nSPS) is 54.5. The lowest BCUT2D eigenvalue weighted by molar-refractivity contribution is -0.313. The van der Waals surface area contributed by atoms with Crippen LogP contribution >= 0.6 is 0 Å². The summed E-state index contributed by atoms with van der Waals surface area (Å²) in [5, 5.41) is 33.5. The molecule has 38 heavy (non-hydrogen) atoms. The smallest absolute Gasteiger partial charge is 0.334 e. The monoisotopic (exact) mass is 534 g/mol. The van der Waals surface area contributed by atoms with Crippen molar-refractivity contribution in [1.82, 2.24) is 0 Å². The van der Waals surface area contributed by atoms with Gasteiger partial charge in [-0.3, -0.25) is 0 Å². The third-order valence-corrected chi connectivity index (χ3v) is 12.3. The molecule has 0 amide bonds. The molecule has 0 radical (unpaired) electrons. The maximum absolute atomic E-state index is 12.4. The SMILES string of the molecule is CO[C@H]1[C@H](O)[C@H](O[C@H]2CC[C@@]3(C)[C@@H](CC[C@@H]4[C@@H]3CC[C@]3(C)[C@H](C5=CCOC5=O)CC[C@]43O)C2)O[C@@H](C)[C@@H]1O. The number of fused-ring (bicyclic) bond motifs is 5. The molecule has 1 saturated heterocycles. The molecule has 0 aromatic carbocycles. The van der Waals surface area contributed by atoms with Crippen molar-refractivity contribution in [1.29, 1.82) is 0 Å². The molecule has 2 aliphatic heterocycles. The number of ether oxygens (including phenoxy) is 4. The summed E-state index contributed by atoms with van der Waals surface area (Å²) in [6.45, 7) is 6.81. The van der Waals surface area contributed by atoms with Crippen molar-refractivity contribution in [3.8, 4) is 0 Å². The van der Waals surface area contributed by atoms with Crippen molar-refractivity contribution in [2.24, 2.45) is 34.5 Å². The van der Waals surface area contributed by atoms with Crippen LogP contribution in [-0.2, 0) is 23.7 Å². The van der Waals surface area contributed by atoms with Gasteiger partial charge in [0.25, 0.3) is 0 Å². The summed E-state index contributed by atoms with van der Waals surface area (Å²) in [6, 6.07) is 0. The molecule has 13 atom stereocenters. The number of carbonyl (C=O) groups is 1. The highest BCUT2D eigenvalue weighted by atomic mass is 16.7. The van der Waals surface area contributed by atoms with Gasteiger partial charge >= 0.3 is 5.97 Å². The molecule has 6 rings (SSSR count). The quantitative estimate of drug-likeness (QED) is 0.372. The fourth-order valence-corrected chi connectivity index (χ4v) is 10.0. The van der Waals surface area contributed by atoms with Crippen LogP contribution in [0, 0.1) is 34.5 Å². The fourth-order valence-electron chi connectivity index (χ4n) is 10.0. The van der Waals surface area contributed by atoms with Crippen molar-refractivity contribution >= 4 is 5.97 Å². The minimum Gasteiger partial charge on any atom is -0.458 e.